The molecule has 0 aromatic heterocycles. The molecule has 0 bridgehead atoms. The monoisotopic (exact) mass is 286 g/mol. The fourth-order valence-corrected chi connectivity index (χ4v) is 2.48. The molecule has 1 saturated carbocycles. The Balaban J connectivity index is 3.17. The summed E-state index contributed by atoms with van der Waals surface area (Å²) in [6.45, 7) is 0. The van der Waals surface area contributed by atoms with Crippen molar-refractivity contribution < 1.29 is 39.6 Å². The van der Waals surface area contributed by atoms with E-state index in [0.29, 0.717) is 6.08 Å². The quantitative estimate of drug-likeness (QED) is 0.531. The minimum absolute atomic E-state index is 0.00806. The molecular weight excluding hydrogens is 272 g/mol. The molecule has 0 saturated heterocycles. The summed E-state index contributed by atoms with van der Waals surface area (Å²) in [5.41, 5.74) is -2.57. The van der Waals surface area contributed by atoms with Gasteiger partial charge in [-0.15, -0.1) is 0 Å². The lowest BCUT2D eigenvalue weighted by atomic mass is 9.66. The second-order valence-electron chi connectivity index (χ2n) is 4.70. The number of hydrogen-bond acceptors (Lipinski definition) is 4. The van der Waals surface area contributed by atoms with E-state index in [4.69, 9.17) is 15.3 Å². The van der Waals surface area contributed by atoms with Crippen molar-refractivity contribution in [3.63, 3.8) is 0 Å². The van der Waals surface area contributed by atoms with Crippen molar-refractivity contribution >= 4 is 23.9 Å². The molecule has 1 aliphatic rings. The van der Waals surface area contributed by atoms with E-state index in [-0.39, 0.29) is 25.7 Å². The van der Waals surface area contributed by atoms with Crippen LogP contribution in [0.25, 0.3) is 0 Å². The molecule has 0 aromatic carbocycles. The van der Waals surface area contributed by atoms with E-state index in [0.717, 1.165) is 0 Å². The molecule has 0 unspecified atom stereocenters. The van der Waals surface area contributed by atoms with Gasteiger partial charge in [0.1, 0.15) is 5.41 Å². The molecule has 0 atom stereocenters. The average molecular weight is 286 g/mol. The number of carboxylic acids is 4. The van der Waals surface area contributed by atoms with Gasteiger partial charge >= 0.3 is 23.9 Å². The van der Waals surface area contributed by atoms with Gasteiger partial charge in [-0.05, 0) is 25.7 Å². The van der Waals surface area contributed by atoms with E-state index in [1.807, 2.05) is 0 Å². The van der Waals surface area contributed by atoms with Crippen LogP contribution in [0.3, 0.4) is 0 Å². The fourth-order valence-electron chi connectivity index (χ4n) is 2.48. The molecule has 8 heteroatoms. The van der Waals surface area contributed by atoms with Gasteiger partial charge in [0.25, 0.3) is 0 Å². The van der Waals surface area contributed by atoms with Crippen molar-refractivity contribution in [3.8, 4) is 0 Å². The van der Waals surface area contributed by atoms with E-state index in [1.165, 1.54) is 0 Å². The molecule has 0 radical (unpaired) electrons. The zero-order valence-corrected chi connectivity index (χ0v) is 10.4. The maximum absolute atomic E-state index is 11.4. The highest BCUT2D eigenvalue weighted by Crippen LogP contribution is 2.45. The Morgan fingerprint density at radius 1 is 0.950 bits per heavy atom. The lowest BCUT2D eigenvalue weighted by Crippen LogP contribution is -2.41. The van der Waals surface area contributed by atoms with Crippen LogP contribution in [0.1, 0.15) is 25.7 Å². The summed E-state index contributed by atoms with van der Waals surface area (Å²) in [5, 5.41) is 35.9. The molecule has 0 spiro atoms. The number of hydrogen-bond donors (Lipinski definition) is 4. The Kier molecular flexibility index (Phi) is 4.49. The van der Waals surface area contributed by atoms with E-state index < -0.39 is 40.8 Å². The highest BCUT2D eigenvalue weighted by molar-refractivity contribution is 6.01. The van der Waals surface area contributed by atoms with Crippen molar-refractivity contribution in [2.45, 2.75) is 25.7 Å². The summed E-state index contributed by atoms with van der Waals surface area (Å²) >= 11 is 0. The van der Waals surface area contributed by atoms with Gasteiger partial charge in [0.05, 0.1) is 11.5 Å². The van der Waals surface area contributed by atoms with Gasteiger partial charge in [-0.2, -0.15) is 0 Å². The molecule has 8 nitrogen and oxygen atoms in total. The second-order valence-corrected chi connectivity index (χ2v) is 4.70. The van der Waals surface area contributed by atoms with Crippen LogP contribution in [-0.4, -0.2) is 44.3 Å². The van der Waals surface area contributed by atoms with Gasteiger partial charge in [-0.25, -0.2) is 9.59 Å². The first kappa shape index (κ1) is 15.7. The minimum atomic E-state index is -1.85. The van der Waals surface area contributed by atoms with Crippen molar-refractivity contribution in [1.82, 2.24) is 0 Å². The van der Waals surface area contributed by atoms with Crippen LogP contribution in [-0.2, 0) is 19.2 Å². The zero-order valence-electron chi connectivity index (χ0n) is 10.4. The highest BCUT2D eigenvalue weighted by Gasteiger charge is 2.49. The molecule has 0 heterocycles. The van der Waals surface area contributed by atoms with Crippen LogP contribution in [0.4, 0.5) is 0 Å². The van der Waals surface area contributed by atoms with E-state index in [2.05, 4.69) is 0 Å². The number of aliphatic carboxylic acids is 4. The Hall–Kier alpha value is -2.38. The molecule has 1 aliphatic carbocycles. The first-order chi connectivity index (χ1) is 9.20. The van der Waals surface area contributed by atoms with Crippen LogP contribution >= 0.6 is 0 Å². The molecular formula is C12H14O8. The molecule has 110 valence electrons. The molecule has 0 amide bonds. The Morgan fingerprint density at radius 3 is 1.75 bits per heavy atom. The van der Waals surface area contributed by atoms with Gasteiger partial charge in [0.15, 0.2) is 0 Å². The van der Waals surface area contributed by atoms with Crippen molar-refractivity contribution in [3.05, 3.63) is 11.6 Å². The normalized spacial score (nSPS) is 26.8. The van der Waals surface area contributed by atoms with Crippen LogP contribution < -0.4 is 0 Å². The molecule has 0 aliphatic heterocycles. The molecule has 20 heavy (non-hydrogen) atoms. The predicted molar refractivity (Wildman–Crippen MR) is 63.0 cm³/mol. The van der Waals surface area contributed by atoms with Crippen molar-refractivity contribution in [1.29, 1.82) is 0 Å². The van der Waals surface area contributed by atoms with E-state index in [1.54, 1.807) is 0 Å². The maximum atomic E-state index is 11.4. The first-order valence-electron chi connectivity index (χ1n) is 5.85. The summed E-state index contributed by atoms with van der Waals surface area (Å²) in [5.74, 6) is -6.42. The van der Waals surface area contributed by atoms with Gasteiger partial charge in [0, 0.05) is 6.08 Å². The topological polar surface area (TPSA) is 149 Å². The summed E-state index contributed by atoms with van der Waals surface area (Å²) in [7, 11) is 0. The predicted octanol–water partition coefficient (Wildman–Crippen LogP) is 0.428. The zero-order chi connectivity index (χ0) is 15.5. The summed E-state index contributed by atoms with van der Waals surface area (Å²) in [6.07, 6.45) is -0.0787. The highest BCUT2D eigenvalue weighted by atomic mass is 16.4. The number of carbonyl (C=O) groups is 4. The SMILES string of the molecule is O=C(O)C=C(C(=O)O)C1(C(=O)O)CCC(C(=O)O)CC1. The second kappa shape index (κ2) is 5.72. The van der Waals surface area contributed by atoms with E-state index >= 15 is 0 Å². The lowest BCUT2D eigenvalue weighted by Gasteiger charge is -2.35. The van der Waals surface area contributed by atoms with Crippen LogP contribution in [0.15, 0.2) is 11.6 Å². The standard InChI is InChI=1S/C12H14O8/c13-8(14)5-7(10(17)18)12(11(19)20)3-1-6(2-4-12)9(15)16/h5-6H,1-4H2,(H,13,14)(H,15,16)(H,17,18)(H,19,20). The minimum Gasteiger partial charge on any atom is -0.481 e. The smallest absolute Gasteiger partial charge is 0.333 e. The maximum Gasteiger partial charge on any atom is 0.333 e. The van der Waals surface area contributed by atoms with Gasteiger partial charge < -0.3 is 20.4 Å². The largest absolute Gasteiger partial charge is 0.481 e. The number of carboxylic acid groups (broad SMARTS) is 4. The molecule has 4 N–H and O–H groups in total. The fraction of sp³-hybridized carbons (Fsp3) is 0.500. The third kappa shape index (κ3) is 2.95. The number of rotatable bonds is 5. The van der Waals surface area contributed by atoms with E-state index in [9.17, 15) is 24.3 Å². The van der Waals surface area contributed by atoms with Gasteiger partial charge in [0.2, 0.25) is 0 Å². The van der Waals surface area contributed by atoms with Crippen molar-refractivity contribution in [2.24, 2.45) is 11.3 Å². The Bertz CT molecular complexity index is 482. The van der Waals surface area contributed by atoms with Crippen molar-refractivity contribution in [2.75, 3.05) is 0 Å². The molecule has 0 aromatic rings. The summed E-state index contributed by atoms with van der Waals surface area (Å²) in [6, 6.07) is 0. The first-order valence-corrected chi connectivity index (χ1v) is 5.85. The summed E-state index contributed by atoms with van der Waals surface area (Å²) in [4.78, 5) is 44.1. The average Bonchev–Trinajstić information content (AvgIpc) is 2.35. The van der Waals surface area contributed by atoms with Gasteiger partial charge in [-0.1, -0.05) is 0 Å². The third-order valence-corrected chi connectivity index (χ3v) is 3.61. The van der Waals surface area contributed by atoms with Crippen LogP contribution in [0.2, 0.25) is 0 Å². The third-order valence-electron chi connectivity index (χ3n) is 3.61. The molecule has 1 fully saturated rings. The van der Waals surface area contributed by atoms with Crippen LogP contribution in [0, 0.1) is 11.3 Å². The van der Waals surface area contributed by atoms with Gasteiger partial charge in [-0.3, -0.25) is 9.59 Å². The lowest BCUT2D eigenvalue weighted by molar-refractivity contribution is -0.155. The van der Waals surface area contributed by atoms with Crippen LogP contribution in [0.5, 0.6) is 0 Å². The molecule has 1 rings (SSSR count). The Morgan fingerprint density at radius 2 is 1.45 bits per heavy atom. The summed E-state index contributed by atoms with van der Waals surface area (Å²) < 4.78 is 0. The Labute approximate surface area is 113 Å².